The van der Waals surface area contributed by atoms with Crippen LogP contribution in [0.5, 0.6) is 0 Å². The summed E-state index contributed by atoms with van der Waals surface area (Å²) < 4.78 is 24.9. The molecule has 1 N–H and O–H groups in total. The van der Waals surface area contributed by atoms with Crippen LogP contribution in [0.4, 0.5) is 8.78 Å². The lowest BCUT2D eigenvalue weighted by atomic mass is 10.1. The third kappa shape index (κ3) is 2.48. The van der Waals surface area contributed by atoms with Crippen LogP contribution in [0.15, 0.2) is 24.3 Å². The van der Waals surface area contributed by atoms with Crippen molar-refractivity contribution in [2.24, 2.45) is 0 Å². The molecule has 94 valence electrons. The zero-order valence-electron chi connectivity index (χ0n) is 10.2. The topological polar surface area (TPSA) is 15.3 Å². The largest absolute Gasteiger partial charge is 0.312 e. The molecule has 0 saturated heterocycles. The van der Waals surface area contributed by atoms with Gasteiger partial charge in [0, 0.05) is 12.1 Å². The molecule has 2 atom stereocenters. The maximum Gasteiger partial charge on any atom is 0.251 e. The Balaban J connectivity index is 2.17. The van der Waals surface area contributed by atoms with E-state index in [1.54, 1.807) is 11.9 Å². The van der Waals surface area contributed by atoms with Crippen LogP contribution < -0.4 is 5.32 Å². The number of nitrogens with one attached hydrogen (secondary N) is 1. The molecular formula is C13H18F2N2. The Labute approximate surface area is 101 Å². The molecule has 0 amide bonds. The third-order valence-electron chi connectivity index (χ3n) is 3.51. The number of rotatable bonds is 4. The van der Waals surface area contributed by atoms with Crippen molar-refractivity contribution in [1.82, 2.24) is 10.2 Å². The van der Waals surface area contributed by atoms with Gasteiger partial charge in [-0.1, -0.05) is 24.3 Å². The standard InChI is InChI=1S/C13H18F2N2/c1-16-13-10-6-4-3-5-9(10)7-11(13)17(2)8-12(14)15/h3-6,11-13,16H,7-8H2,1-2H3. The third-order valence-corrected chi connectivity index (χ3v) is 3.51. The molecule has 1 aromatic carbocycles. The smallest absolute Gasteiger partial charge is 0.251 e. The Morgan fingerprint density at radius 1 is 1.41 bits per heavy atom. The molecule has 0 fully saturated rings. The van der Waals surface area contributed by atoms with E-state index in [4.69, 9.17) is 0 Å². The van der Waals surface area contributed by atoms with Gasteiger partial charge in [-0.15, -0.1) is 0 Å². The van der Waals surface area contributed by atoms with Crippen LogP contribution >= 0.6 is 0 Å². The van der Waals surface area contributed by atoms with Gasteiger partial charge in [0.05, 0.1) is 6.54 Å². The van der Waals surface area contributed by atoms with Crippen molar-refractivity contribution in [2.75, 3.05) is 20.6 Å². The number of nitrogens with zero attached hydrogens (tertiary/aromatic N) is 1. The maximum atomic E-state index is 12.4. The van der Waals surface area contributed by atoms with Gasteiger partial charge in [-0.25, -0.2) is 8.78 Å². The summed E-state index contributed by atoms with van der Waals surface area (Å²) >= 11 is 0. The Morgan fingerprint density at radius 2 is 2.12 bits per heavy atom. The van der Waals surface area contributed by atoms with Gasteiger partial charge in [-0.2, -0.15) is 0 Å². The van der Waals surface area contributed by atoms with Crippen LogP contribution in [-0.4, -0.2) is 38.0 Å². The van der Waals surface area contributed by atoms with E-state index in [2.05, 4.69) is 17.4 Å². The summed E-state index contributed by atoms with van der Waals surface area (Å²) in [6.45, 7) is -0.170. The van der Waals surface area contributed by atoms with Gasteiger partial charge in [-0.3, -0.25) is 4.90 Å². The molecule has 1 aliphatic carbocycles. The number of alkyl halides is 2. The van der Waals surface area contributed by atoms with Gasteiger partial charge >= 0.3 is 0 Å². The number of hydrogen-bond acceptors (Lipinski definition) is 2. The summed E-state index contributed by atoms with van der Waals surface area (Å²) in [5.41, 5.74) is 2.50. The summed E-state index contributed by atoms with van der Waals surface area (Å²) in [4.78, 5) is 1.76. The van der Waals surface area contributed by atoms with Gasteiger partial charge in [0.15, 0.2) is 0 Å². The summed E-state index contributed by atoms with van der Waals surface area (Å²) in [7, 11) is 3.66. The first-order valence-corrected chi connectivity index (χ1v) is 5.87. The minimum atomic E-state index is -2.28. The minimum Gasteiger partial charge on any atom is -0.312 e. The van der Waals surface area contributed by atoms with Crippen LogP contribution in [0.25, 0.3) is 0 Å². The molecule has 17 heavy (non-hydrogen) atoms. The van der Waals surface area contributed by atoms with Gasteiger partial charge in [0.1, 0.15) is 0 Å². The lowest BCUT2D eigenvalue weighted by Crippen LogP contribution is -2.41. The average molecular weight is 240 g/mol. The van der Waals surface area contributed by atoms with Gasteiger partial charge in [0.2, 0.25) is 0 Å². The number of benzene rings is 1. The molecule has 4 heteroatoms. The normalized spacial score (nSPS) is 23.4. The van der Waals surface area contributed by atoms with Crippen molar-refractivity contribution < 1.29 is 8.78 Å². The average Bonchev–Trinajstić information content (AvgIpc) is 2.66. The number of likely N-dealkylation sites (N-methyl/N-ethyl adjacent to an activating group) is 2. The van der Waals surface area contributed by atoms with Crippen molar-refractivity contribution >= 4 is 0 Å². The number of hydrogen-bond donors (Lipinski definition) is 1. The van der Waals surface area contributed by atoms with Gasteiger partial charge in [-0.05, 0) is 31.6 Å². The zero-order chi connectivity index (χ0) is 12.4. The highest BCUT2D eigenvalue weighted by atomic mass is 19.3. The fraction of sp³-hybridized carbons (Fsp3) is 0.538. The molecular weight excluding hydrogens is 222 g/mol. The predicted molar refractivity (Wildman–Crippen MR) is 64.4 cm³/mol. The monoisotopic (exact) mass is 240 g/mol. The lowest BCUT2D eigenvalue weighted by Gasteiger charge is -2.29. The molecule has 1 aromatic rings. The highest BCUT2D eigenvalue weighted by molar-refractivity contribution is 5.37. The van der Waals surface area contributed by atoms with Crippen LogP contribution in [0.2, 0.25) is 0 Å². The fourth-order valence-corrected chi connectivity index (χ4v) is 2.69. The van der Waals surface area contributed by atoms with Crippen molar-refractivity contribution in [3.63, 3.8) is 0 Å². The molecule has 0 aliphatic heterocycles. The second-order valence-corrected chi connectivity index (χ2v) is 4.57. The highest BCUT2D eigenvalue weighted by Gasteiger charge is 2.34. The van der Waals surface area contributed by atoms with E-state index in [1.165, 1.54) is 11.1 Å². The molecule has 0 heterocycles. The van der Waals surface area contributed by atoms with Crippen LogP contribution in [0.3, 0.4) is 0 Å². The predicted octanol–water partition coefficient (Wildman–Crippen LogP) is 2.07. The molecule has 2 unspecified atom stereocenters. The molecule has 1 aliphatic rings. The first-order chi connectivity index (χ1) is 8.13. The highest BCUT2D eigenvalue weighted by Crippen LogP contribution is 2.33. The Kier molecular flexibility index (Phi) is 3.74. The quantitative estimate of drug-likeness (QED) is 0.866. The first-order valence-electron chi connectivity index (χ1n) is 5.87. The summed E-state index contributed by atoms with van der Waals surface area (Å²) in [6, 6.07) is 8.42. The number of fused-ring (bicyclic) bond motifs is 1. The Morgan fingerprint density at radius 3 is 2.76 bits per heavy atom. The number of halogens is 2. The van der Waals surface area contributed by atoms with Crippen LogP contribution in [-0.2, 0) is 6.42 Å². The summed E-state index contributed by atoms with van der Waals surface area (Å²) in [6.07, 6.45) is -1.44. The molecule has 2 nitrogen and oxygen atoms in total. The van der Waals surface area contributed by atoms with Crippen LogP contribution in [0, 0.1) is 0 Å². The molecule has 0 radical (unpaired) electrons. The van der Waals surface area contributed by atoms with Crippen molar-refractivity contribution in [2.45, 2.75) is 24.9 Å². The zero-order valence-corrected chi connectivity index (χ0v) is 10.2. The second-order valence-electron chi connectivity index (χ2n) is 4.57. The minimum absolute atomic E-state index is 0.117. The summed E-state index contributed by atoms with van der Waals surface area (Å²) in [5, 5.41) is 3.24. The Hall–Kier alpha value is -1.00. The Bertz CT molecular complexity index is 381. The first kappa shape index (κ1) is 12.5. The van der Waals surface area contributed by atoms with E-state index in [1.807, 2.05) is 19.2 Å². The van der Waals surface area contributed by atoms with Gasteiger partial charge in [0.25, 0.3) is 6.43 Å². The fourth-order valence-electron chi connectivity index (χ4n) is 2.69. The van der Waals surface area contributed by atoms with Crippen LogP contribution in [0.1, 0.15) is 17.2 Å². The van der Waals surface area contributed by atoms with Crippen molar-refractivity contribution in [1.29, 1.82) is 0 Å². The van der Waals surface area contributed by atoms with E-state index in [0.717, 1.165) is 6.42 Å². The van der Waals surface area contributed by atoms with E-state index in [-0.39, 0.29) is 18.6 Å². The van der Waals surface area contributed by atoms with E-state index >= 15 is 0 Å². The SMILES string of the molecule is CNC1c2ccccc2CC1N(C)CC(F)F. The van der Waals surface area contributed by atoms with Gasteiger partial charge < -0.3 is 5.32 Å². The molecule has 0 spiro atoms. The lowest BCUT2D eigenvalue weighted by molar-refractivity contribution is 0.0742. The van der Waals surface area contributed by atoms with E-state index in [9.17, 15) is 8.78 Å². The van der Waals surface area contributed by atoms with Crippen molar-refractivity contribution in [3.8, 4) is 0 Å². The van der Waals surface area contributed by atoms with E-state index in [0.29, 0.717) is 0 Å². The van der Waals surface area contributed by atoms with Crippen molar-refractivity contribution in [3.05, 3.63) is 35.4 Å². The molecule has 0 saturated carbocycles. The molecule has 0 bridgehead atoms. The summed E-state index contributed by atoms with van der Waals surface area (Å²) in [5.74, 6) is 0. The second kappa shape index (κ2) is 5.10. The molecule has 0 aromatic heterocycles. The maximum absolute atomic E-state index is 12.4. The van der Waals surface area contributed by atoms with E-state index < -0.39 is 6.43 Å². The molecule has 2 rings (SSSR count).